The number of amides is 2. The second kappa shape index (κ2) is 13.8. The zero-order valence-corrected chi connectivity index (χ0v) is 22.9. The van der Waals surface area contributed by atoms with E-state index in [1.165, 1.54) is 5.56 Å². The number of halogens is 1. The van der Waals surface area contributed by atoms with Crippen LogP contribution in [0.3, 0.4) is 0 Å². The number of ether oxygens (including phenoxy) is 1. The summed E-state index contributed by atoms with van der Waals surface area (Å²) in [5, 5.41) is 3.64. The first-order chi connectivity index (χ1) is 17.7. The molecule has 0 aliphatic heterocycles. The van der Waals surface area contributed by atoms with Gasteiger partial charge in [0, 0.05) is 24.5 Å². The first kappa shape index (κ1) is 28.3. The van der Waals surface area contributed by atoms with Crippen molar-refractivity contribution in [3.05, 3.63) is 101 Å². The summed E-state index contributed by atoms with van der Waals surface area (Å²) < 4.78 is 5.87. The van der Waals surface area contributed by atoms with Crippen molar-refractivity contribution in [2.45, 2.75) is 52.6 Å². The summed E-state index contributed by atoms with van der Waals surface area (Å²) in [6, 6.07) is 24.2. The van der Waals surface area contributed by atoms with Crippen LogP contribution in [0.5, 0.6) is 5.75 Å². The molecule has 2 amide bonds. The second-order valence-corrected chi connectivity index (χ2v) is 10.4. The lowest BCUT2D eigenvalue weighted by atomic mass is 10.0. The molecule has 3 rings (SSSR count). The van der Waals surface area contributed by atoms with Gasteiger partial charge in [-0.3, -0.25) is 9.59 Å². The summed E-state index contributed by atoms with van der Waals surface area (Å²) in [6.45, 7) is 8.97. The first-order valence-electron chi connectivity index (χ1n) is 12.8. The van der Waals surface area contributed by atoms with Crippen molar-refractivity contribution in [1.29, 1.82) is 0 Å². The number of carbonyl (C=O) groups is 2. The standard InChI is InChI=1S/C31H37ClN2O3/c1-22(2)19-33-31(36)29(18-24-8-6-5-7-9-24)34(20-25-10-14-27(32)15-11-25)30(35)21-37-28-16-12-26(13-17-28)23(3)4/h5-17,22-23,29H,18-21H2,1-4H3,(H,33,36)/t29-/m0/s1. The van der Waals surface area contributed by atoms with Gasteiger partial charge < -0.3 is 15.0 Å². The molecule has 0 heterocycles. The molecule has 0 aliphatic rings. The summed E-state index contributed by atoms with van der Waals surface area (Å²) >= 11 is 6.09. The van der Waals surface area contributed by atoms with Crippen molar-refractivity contribution in [1.82, 2.24) is 10.2 Å². The minimum atomic E-state index is -0.698. The van der Waals surface area contributed by atoms with Gasteiger partial charge >= 0.3 is 0 Å². The number of rotatable bonds is 12. The average Bonchev–Trinajstić information content (AvgIpc) is 2.89. The van der Waals surface area contributed by atoms with Crippen LogP contribution in [-0.2, 0) is 22.6 Å². The molecule has 0 spiro atoms. The summed E-state index contributed by atoms with van der Waals surface area (Å²) in [5.74, 6) is 0.880. The molecule has 0 aliphatic carbocycles. The van der Waals surface area contributed by atoms with Gasteiger partial charge in [-0.05, 0) is 52.8 Å². The Morgan fingerprint density at radius 2 is 1.51 bits per heavy atom. The Balaban J connectivity index is 1.86. The highest BCUT2D eigenvalue weighted by molar-refractivity contribution is 6.30. The van der Waals surface area contributed by atoms with Crippen LogP contribution in [0.15, 0.2) is 78.9 Å². The van der Waals surface area contributed by atoms with E-state index in [4.69, 9.17) is 16.3 Å². The Hall–Kier alpha value is -3.31. The maximum absolute atomic E-state index is 13.6. The molecule has 3 aromatic rings. The van der Waals surface area contributed by atoms with Crippen LogP contribution in [0.4, 0.5) is 0 Å². The largest absolute Gasteiger partial charge is 0.484 e. The van der Waals surface area contributed by atoms with E-state index in [0.717, 1.165) is 11.1 Å². The highest BCUT2D eigenvalue weighted by Crippen LogP contribution is 2.20. The Labute approximate surface area is 225 Å². The van der Waals surface area contributed by atoms with Crippen molar-refractivity contribution in [2.24, 2.45) is 5.92 Å². The van der Waals surface area contributed by atoms with Gasteiger partial charge in [0.2, 0.25) is 5.91 Å². The van der Waals surface area contributed by atoms with Crippen molar-refractivity contribution in [3.63, 3.8) is 0 Å². The third kappa shape index (κ3) is 8.94. The van der Waals surface area contributed by atoms with Crippen LogP contribution in [0, 0.1) is 5.92 Å². The highest BCUT2D eigenvalue weighted by atomic mass is 35.5. The number of hydrogen-bond donors (Lipinski definition) is 1. The number of nitrogens with zero attached hydrogens (tertiary/aromatic N) is 1. The first-order valence-corrected chi connectivity index (χ1v) is 13.2. The molecule has 0 bridgehead atoms. The number of carbonyl (C=O) groups excluding carboxylic acids is 2. The minimum Gasteiger partial charge on any atom is -0.484 e. The molecule has 0 radical (unpaired) electrons. The second-order valence-electron chi connectivity index (χ2n) is 10.0. The Bertz CT molecular complexity index is 1130. The van der Waals surface area contributed by atoms with Crippen molar-refractivity contribution in [2.75, 3.05) is 13.2 Å². The quantitative estimate of drug-likeness (QED) is 0.307. The fraction of sp³-hybridized carbons (Fsp3) is 0.355. The predicted molar refractivity (Wildman–Crippen MR) is 150 cm³/mol. The number of nitrogens with one attached hydrogen (secondary N) is 1. The van der Waals surface area contributed by atoms with E-state index in [9.17, 15) is 9.59 Å². The smallest absolute Gasteiger partial charge is 0.261 e. The third-order valence-electron chi connectivity index (χ3n) is 6.13. The fourth-order valence-electron chi connectivity index (χ4n) is 3.94. The van der Waals surface area contributed by atoms with Gasteiger partial charge in [0.15, 0.2) is 6.61 Å². The predicted octanol–water partition coefficient (Wildman–Crippen LogP) is 6.25. The summed E-state index contributed by atoms with van der Waals surface area (Å²) in [5.41, 5.74) is 3.06. The summed E-state index contributed by atoms with van der Waals surface area (Å²) in [7, 11) is 0. The summed E-state index contributed by atoms with van der Waals surface area (Å²) in [6.07, 6.45) is 0.396. The lowest BCUT2D eigenvalue weighted by molar-refractivity contribution is -0.142. The Morgan fingerprint density at radius 1 is 0.865 bits per heavy atom. The molecule has 0 saturated carbocycles. The topological polar surface area (TPSA) is 58.6 Å². The van der Waals surface area contributed by atoms with Crippen LogP contribution in [0.25, 0.3) is 0 Å². The Kier molecular flexibility index (Phi) is 10.6. The van der Waals surface area contributed by atoms with Gasteiger partial charge in [0.1, 0.15) is 11.8 Å². The maximum Gasteiger partial charge on any atom is 0.261 e. The zero-order chi connectivity index (χ0) is 26.8. The van der Waals surface area contributed by atoms with Crippen molar-refractivity contribution >= 4 is 23.4 Å². The maximum atomic E-state index is 13.6. The number of hydrogen-bond acceptors (Lipinski definition) is 3. The van der Waals surface area contributed by atoms with E-state index < -0.39 is 6.04 Å². The van der Waals surface area contributed by atoms with Crippen LogP contribution >= 0.6 is 11.6 Å². The van der Waals surface area contributed by atoms with Crippen LogP contribution in [0.2, 0.25) is 5.02 Å². The molecule has 1 N–H and O–H groups in total. The summed E-state index contributed by atoms with van der Waals surface area (Å²) in [4.78, 5) is 28.7. The average molecular weight is 521 g/mol. The van der Waals surface area contributed by atoms with E-state index in [-0.39, 0.29) is 25.0 Å². The van der Waals surface area contributed by atoms with Gasteiger partial charge in [-0.1, -0.05) is 93.9 Å². The normalized spacial score (nSPS) is 11.9. The van der Waals surface area contributed by atoms with Gasteiger partial charge in [0.25, 0.3) is 5.91 Å². The van der Waals surface area contributed by atoms with Gasteiger partial charge in [-0.2, -0.15) is 0 Å². The molecule has 5 nitrogen and oxygen atoms in total. The molecule has 3 aromatic carbocycles. The lowest BCUT2D eigenvalue weighted by Gasteiger charge is -2.31. The number of benzene rings is 3. The Morgan fingerprint density at radius 3 is 2.11 bits per heavy atom. The molecule has 1 atom stereocenters. The lowest BCUT2D eigenvalue weighted by Crippen LogP contribution is -2.52. The van der Waals surface area contributed by atoms with E-state index in [0.29, 0.717) is 35.6 Å². The molecule has 0 unspecified atom stereocenters. The van der Waals surface area contributed by atoms with Crippen LogP contribution < -0.4 is 10.1 Å². The van der Waals surface area contributed by atoms with Crippen molar-refractivity contribution in [3.8, 4) is 5.75 Å². The van der Waals surface area contributed by atoms with Crippen LogP contribution in [-0.4, -0.2) is 35.9 Å². The molecule has 6 heteroatoms. The molecule has 0 saturated heterocycles. The molecular formula is C31H37ClN2O3. The molecule has 0 aromatic heterocycles. The molecule has 37 heavy (non-hydrogen) atoms. The van der Waals surface area contributed by atoms with E-state index in [2.05, 4.69) is 19.2 Å². The van der Waals surface area contributed by atoms with Crippen LogP contribution in [0.1, 0.15) is 50.3 Å². The van der Waals surface area contributed by atoms with Crippen molar-refractivity contribution < 1.29 is 14.3 Å². The SMILES string of the molecule is CC(C)CNC(=O)[C@H](Cc1ccccc1)N(Cc1ccc(Cl)cc1)C(=O)COc1ccc(C(C)C)cc1. The molecule has 196 valence electrons. The minimum absolute atomic E-state index is 0.169. The molecular weight excluding hydrogens is 484 g/mol. The third-order valence-corrected chi connectivity index (χ3v) is 6.38. The van der Waals surface area contributed by atoms with E-state index in [1.54, 1.807) is 17.0 Å². The fourth-order valence-corrected chi connectivity index (χ4v) is 4.07. The van der Waals surface area contributed by atoms with Gasteiger partial charge in [-0.15, -0.1) is 0 Å². The monoisotopic (exact) mass is 520 g/mol. The zero-order valence-electron chi connectivity index (χ0n) is 22.1. The van der Waals surface area contributed by atoms with Gasteiger partial charge in [-0.25, -0.2) is 0 Å². The molecule has 0 fully saturated rings. The van der Waals surface area contributed by atoms with E-state index >= 15 is 0 Å². The van der Waals surface area contributed by atoms with Gasteiger partial charge in [0.05, 0.1) is 0 Å². The highest BCUT2D eigenvalue weighted by Gasteiger charge is 2.30. The van der Waals surface area contributed by atoms with E-state index in [1.807, 2.05) is 80.6 Å².